The van der Waals surface area contributed by atoms with Crippen LogP contribution in [0.1, 0.15) is 10.4 Å². The maximum absolute atomic E-state index is 12.1. The summed E-state index contributed by atoms with van der Waals surface area (Å²) in [5.74, 6) is 0.748. The normalized spacial score (nSPS) is 9.96. The summed E-state index contributed by atoms with van der Waals surface area (Å²) < 4.78 is 10.5. The van der Waals surface area contributed by atoms with Gasteiger partial charge < -0.3 is 19.7 Å². The van der Waals surface area contributed by atoms with Crippen LogP contribution in [0.4, 0.5) is 5.69 Å². The summed E-state index contributed by atoms with van der Waals surface area (Å²) in [4.78, 5) is 25.6. The Hall–Kier alpha value is -3.02. The lowest BCUT2D eigenvalue weighted by Crippen LogP contribution is -2.25. The summed E-state index contributed by atoms with van der Waals surface area (Å²) >= 11 is 0. The van der Waals surface area contributed by atoms with E-state index >= 15 is 0 Å². The number of nitrogens with zero attached hydrogens (tertiary/aromatic N) is 1. The van der Waals surface area contributed by atoms with Crippen LogP contribution in [0.3, 0.4) is 0 Å². The molecule has 2 aromatic carbocycles. The number of amides is 2. The van der Waals surface area contributed by atoms with E-state index in [1.54, 1.807) is 69.7 Å². The first kappa shape index (κ1) is 17.3. The summed E-state index contributed by atoms with van der Waals surface area (Å²) in [6, 6.07) is 13.8. The molecule has 0 aromatic heterocycles. The van der Waals surface area contributed by atoms with Crippen LogP contribution in [-0.4, -0.2) is 44.5 Å². The zero-order valence-corrected chi connectivity index (χ0v) is 13.9. The van der Waals surface area contributed by atoms with E-state index in [4.69, 9.17) is 9.47 Å². The Kier molecular flexibility index (Phi) is 5.78. The fourth-order valence-corrected chi connectivity index (χ4v) is 2.03. The summed E-state index contributed by atoms with van der Waals surface area (Å²) in [5, 5.41) is 2.70. The van der Waals surface area contributed by atoms with E-state index < -0.39 is 0 Å². The van der Waals surface area contributed by atoms with E-state index in [1.165, 1.54) is 4.90 Å². The Bertz CT molecular complexity index is 711. The molecular formula is C18H20N2O4. The molecule has 6 nitrogen and oxygen atoms in total. The van der Waals surface area contributed by atoms with Gasteiger partial charge in [-0.05, 0) is 36.4 Å². The molecule has 0 saturated carbocycles. The summed E-state index contributed by atoms with van der Waals surface area (Å²) in [5.41, 5.74) is 0.889. The van der Waals surface area contributed by atoms with Crippen LogP contribution in [0.15, 0.2) is 48.5 Å². The van der Waals surface area contributed by atoms with Crippen LogP contribution < -0.4 is 14.8 Å². The maximum atomic E-state index is 12.1. The topological polar surface area (TPSA) is 67.9 Å². The van der Waals surface area contributed by atoms with Crippen molar-refractivity contribution >= 4 is 17.5 Å². The predicted octanol–water partition coefficient (Wildman–Crippen LogP) is 2.41. The van der Waals surface area contributed by atoms with Crippen LogP contribution in [-0.2, 0) is 4.79 Å². The van der Waals surface area contributed by atoms with E-state index in [-0.39, 0.29) is 18.4 Å². The molecule has 0 saturated heterocycles. The Morgan fingerprint density at radius 2 is 1.62 bits per heavy atom. The Morgan fingerprint density at radius 1 is 1.00 bits per heavy atom. The molecule has 0 bridgehead atoms. The van der Waals surface area contributed by atoms with Crippen molar-refractivity contribution < 1.29 is 19.1 Å². The second-order valence-electron chi connectivity index (χ2n) is 5.26. The van der Waals surface area contributed by atoms with Gasteiger partial charge >= 0.3 is 0 Å². The molecule has 1 N–H and O–H groups in total. The number of carbonyl (C=O) groups is 2. The number of ether oxygens (including phenoxy) is 2. The molecule has 0 aliphatic rings. The molecule has 0 heterocycles. The quantitative estimate of drug-likeness (QED) is 0.884. The molecule has 126 valence electrons. The second-order valence-corrected chi connectivity index (χ2v) is 5.26. The summed E-state index contributed by atoms with van der Waals surface area (Å²) in [6.07, 6.45) is 0. The largest absolute Gasteiger partial charge is 0.497 e. The third kappa shape index (κ3) is 4.49. The molecular weight excluding hydrogens is 308 g/mol. The highest BCUT2D eigenvalue weighted by Gasteiger charge is 2.14. The van der Waals surface area contributed by atoms with Gasteiger partial charge in [0.1, 0.15) is 11.5 Å². The minimum atomic E-state index is -0.343. The summed E-state index contributed by atoms with van der Waals surface area (Å²) in [6.45, 7) is -0.156. The Morgan fingerprint density at radius 3 is 2.25 bits per heavy atom. The van der Waals surface area contributed by atoms with Gasteiger partial charge in [-0.15, -0.1) is 0 Å². The number of methoxy groups -OCH3 is 1. The second kappa shape index (κ2) is 8.01. The van der Waals surface area contributed by atoms with Crippen LogP contribution in [0.25, 0.3) is 0 Å². The van der Waals surface area contributed by atoms with Crippen molar-refractivity contribution in [3.8, 4) is 11.5 Å². The van der Waals surface area contributed by atoms with Crippen molar-refractivity contribution in [1.82, 2.24) is 4.90 Å². The molecule has 2 aromatic rings. The predicted molar refractivity (Wildman–Crippen MR) is 91.6 cm³/mol. The number of hydrogen-bond donors (Lipinski definition) is 1. The van der Waals surface area contributed by atoms with Crippen LogP contribution in [0, 0.1) is 0 Å². The number of para-hydroxylation sites is 1. The monoisotopic (exact) mass is 328 g/mol. The van der Waals surface area contributed by atoms with E-state index in [1.807, 2.05) is 0 Å². The molecule has 0 atom stereocenters. The molecule has 0 radical (unpaired) electrons. The zero-order chi connectivity index (χ0) is 17.5. The molecule has 0 unspecified atom stereocenters. The van der Waals surface area contributed by atoms with Crippen molar-refractivity contribution in [3.05, 3.63) is 54.1 Å². The fraction of sp³-hybridized carbons (Fsp3) is 0.222. The van der Waals surface area contributed by atoms with E-state index in [0.717, 1.165) is 0 Å². The standard InChI is InChI=1S/C18H20N2O4/c1-20(2)18(22)15-6-4-5-7-16(15)19-17(21)12-24-14-10-8-13(23-3)9-11-14/h4-11H,12H2,1-3H3,(H,19,21). The number of rotatable bonds is 6. The lowest BCUT2D eigenvalue weighted by molar-refractivity contribution is -0.118. The SMILES string of the molecule is COc1ccc(OCC(=O)Nc2ccccc2C(=O)N(C)C)cc1. The lowest BCUT2D eigenvalue weighted by Gasteiger charge is -2.15. The van der Waals surface area contributed by atoms with Gasteiger partial charge in [-0.2, -0.15) is 0 Å². The first-order valence-corrected chi connectivity index (χ1v) is 7.38. The van der Waals surface area contributed by atoms with Gasteiger partial charge in [0, 0.05) is 14.1 Å². The van der Waals surface area contributed by atoms with Gasteiger partial charge in [-0.3, -0.25) is 9.59 Å². The maximum Gasteiger partial charge on any atom is 0.262 e. The number of nitrogens with one attached hydrogen (secondary N) is 1. The third-order valence-corrected chi connectivity index (χ3v) is 3.27. The van der Waals surface area contributed by atoms with Gasteiger partial charge in [0.25, 0.3) is 11.8 Å². The lowest BCUT2D eigenvalue weighted by atomic mass is 10.1. The van der Waals surface area contributed by atoms with E-state index in [2.05, 4.69) is 5.32 Å². The molecule has 0 aliphatic heterocycles. The highest BCUT2D eigenvalue weighted by Crippen LogP contribution is 2.18. The van der Waals surface area contributed by atoms with Gasteiger partial charge in [-0.25, -0.2) is 0 Å². The van der Waals surface area contributed by atoms with Gasteiger partial charge in [0.2, 0.25) is 0 Å². The fourth-order valence-electron chi connectivity index (χ4n) is 2.03. The van der Waals surface area contributed by atoms with E-state index in [9.17, 15) is 9.59 Å². The average Bonchev–Trinajstić information content (AvgIpc) is 2.60. The van der Waals surface area contributed by atoms with Crippen LogP contribution in [0.5, 0.6) is 11.5 Å². The molecule has 0 aliphatic carbocycles. The molecule has 2 rings (SSSR count). The average molecular weight is 328 g/mol. The molecule has 6 heteroatoms. The van der Waals surface area contributed by atoms with Crippen molar-refractivity contribution in [2.45, 2.75) is 0 Å². The third-order valence-electron chi connectivity index (χ3n) is 3.27. The smallest absolute Gasteiger partial charge is 0.262 e. The summed E-state index contributed by atoms with van der Waals surface area (Å²) in [7, 11) is 4.90. The number of anilines is 1. The van der Waals surface area contributed by atoms with Crippen LogP contribution >= 0.6 is 0 Å². The minimum Gasteiger partial charge on any atom is -0.497 e. The Labute approximate surface area is 141 Å². The minimum absolute atomic E-state index is 0.156. The van der Waals surface area contributed by atoms with Crippen molar-refractivity contribution in [2.24, 2.45) is 0 Å². The highest BCUT2D eigenvalue weighted by molar-refractivity contribution is 6.03. The van der Waals surface area contributed by atoms with Crippen molar-refractivity contribution in [3.63, 3.8) is 0 Å². The van der Waals surface area contributed by atoms with Gasteiger partial charge in [0.05, 0.1) is 18.4 Å². The Balaban J connectivity index is 1.98. The van der Waals surface area contributed by atoms with E-state index in [0.29, 0.717) is 22.7 Å². The number of hydrogen-bond acceptors (Lipinski definition) is 4. The molecule has 0 spiro atoms. The van der Waals surface area contributed by atoms with Crippen molar-refractivity contribution in [1.29, 1.82) is 0 Å². The first-order chi connectivity index (χ1) is 11.5. The molecule has 24 heavy (non-hydrogen) atoms. The van der Waals surface area contributed by atoms with Gasteiger partial charge in [-0.1, -0.05) is 12.1 Å². The zero-order valence-electron chi connectivity index (χ0n) is 13.9. The first-order valence-electron chi connectivity index (χ1n) is 7.38. The van der Waals surface area contributed by atoms with Crippen LogP contribution in [0.2, 0.25) is 0 Å². The highest BCUT2D eigenvalue weighted by atomic mass is 16.5. The molecule has 0 fully saturated rings. The van der Waals surface area contributed by atoms with Crippen molar-refractivity contribution in [2.75, 3.05) is 33.1 Å². The number of carbonyl (C=O) groups excluding carboxylic acids is 2. The van der Waals surface area contributed by atoms with Gasteiger partial charge in [0.15, 0.2) is 6.61 Å². The molecule has 2 amide bonds. The number of benzene rings is 2.